The summed E-state index contributed by atoms with van der Waals surface area (Å²) in [4.78, 5) is 0. The first-order valence-electron chi connectivity index (χ1n) is 6.09. The molecule has 0 bridgehead atoms. The molecule has 0 aromatic heterocycles. The number of nitrogens with two attached hydrogens (primary N) is 1. The summed E-state index contributed by atoms with van der Waals surface area (Å²) in [5, 5.41) is 0.0368. The number of para-hydroxylation sites is 1. The molecule has 0 aliphatic rings. The molecule has 0 radical (unpaired) electrons. The summed E-state index contributed by atoms with van der Waals surface area (Å²) in [6.45, 7) is 1.99. The predicted molar refractivity (Wildman–Crippen MR) is 75.1 cm³/mol. The third-order valence-electron chi connectivity index (χ3n) is 2.89. The zero-order valence-electron chi connectivity index (χ0n) is 10.6. The first-order chi connectivity index (χ1) is 9.13. The largest absolute Gasteiger partial charge is 0.454 e. The Bertz CT molecular complexity index is 574. The predicted octanol–water partition coefficient (Wildman–Crippen LogP) is 4.68. The van der Waals surface area contributed by atoms with E-state index in [1.807, 2.05) is 25.1 Å². The maximum Gasteiger partial charge on any atom is 0.184 e. The van der Waals surface area contributed by atoms with Crippen molar-refractivity contribution in [3.8, 4) is 11.5 Å². The van der Waals surface area contributed by atoms with Crippen LogP contribution in [-0.4, -0.2) is 0 Å². The van der Waals surface area contributed by atoms with Crippen LogP contribution in [0.3, 0.4) is 0 Å². The molecule has 2 N–H and O–H groups in total. The van der Waals surface area contributed by atoms with Gasteiger partial charge in [-0.15, -0.1) is 0 Å². The minimum absolute atomic E-state index is 0.0368. The molecule has 4 heteroatoms. The van der Waals surface area contributed by atoms with Gasteiger partial charge in [-0.05, 0) is 24.6 Å². The van der Waals surface area contributed by atoms with Crippen LogP contribution in [0.1, 0.15) is 24.9 Å². The normalized spacial score (nSPS) is 12.2. The highest BCUT2D eigenvalue weighted by atomic mass is 35.5. The van der Waals surface area contributed by atoms with Gasteiger partial charge in [-0.25, -0.2) is 4.39 Å². The van der Waals surface area contributed by atoms with Crippen molar-refractivity contribution in [2.45, 2.75) is 19.4 Å². The van der Waals surface area contributed by atoms with Crippen molar-refractivity contribution in [3.63, 3.8) is 0 Å². The summed E-state index contributed by atoms with van der Waals surface area (Å²) in [6, 6.07) is 11.9. The molecule has 0 aliphatic heterocycles. The standard InChI is InChI=1S/C15H15ClFNO/c1-2-12(18)10-6-3-4-8-13(10)19-14-9-5-7-11(16)15(14)17/h3-9,12H,2,18H2,1H3/t12-/m1/s1. The zero-order chi connectivity index (χ0) is 13.8. The first-order valence-corrected chi connectivity index (χ1v) is 6.47. The van der Waals surface area contributed by atoms with Crippen LogP contribution in [0.5, 0.6) is 11.5 Å². The van der Waals surface area contributed by atoms with E-state index in [2.05, 4.69) is 0 Å². The quantitative estimate of drug-likeness (QED) is 0.882. The number of rotatable bonds is 4. The van der Waals surface area contributed by atoms with Crippen LogP contribution >= 0.6 is 11.6 Å². The Morgan fingerprint density at radius 1 is 1.16 bits per heavy atom. The van der Waals surface area contributed by atoms with E-state index in [1.165, 1.54) is 12.1 Å². The Labute approximate surface area is 117 Å². The molecule has 19 heavy (non-hydrogen) atoms. The van der Waals surface area contributed by atoms with E-state index in [1.54, 1.807) is 12.1 Å². The monoisotopic (exact) mass is 279 g/mol. The highest BCUT2D eigenvalue weighted by Crippen LogP contribution is 2.33. The van der Waals surface area contributed by atoms with Gasteiger partial charge in [-0.1, -0.05) is 42.8 Å². The molecule has 2 rings (SSSR count). The van der Waals surface area contributed by atoms with Gasteiger partial charge in [-0.2, -0.15) is 0 Å². The number of ether oxygens (including phenoxy) is 1. The molecule has 0 saturated heterocycles. The molecule has 0 saturated carbocycles. The van der Waals surface area contributed by atoms with Crippen molar-refractivity contribution in [2.24, 2.45) is 5.73 Å². The van der Waals surface area contributed by atoms with E-state index >= 15 is 0 Å². The lowest BCUT2D eigenvalue weighted by Crippen LogP contribution is -2.09. The molecule has 100 valence electrons. The number of benzene rings is 2. The molecule has 2 aromatic rings. The third-order valence-corrected chi connectivity index (χ3v) is 3.19. The molecular formula is C15H15ClFNO. The lowest BCUT2D eigenvalue weighted by Gasteiger charge is -2.15. The third kappa shape index (κ3) is 3.06. The molecule has 2 aromatic carbocycles. The Hall–Kier alpha value is -1.58. The van der Waals surface area contributed by atoms with Crippen LogP contribution < -0.4 is 10.5 Å². The van der Waals surface area contributed by atoms with Gasteiger partial charge in [0.05, 0.1) is 5.02 Å². The van der Waals surface area contributed by atoms with Crippen molar-refractivity contribution in [1.29, 1.82) is 0 Å². The first kappa shape index (κ1) is 13.8. The van der Waals surface area contributed by atoms with Crippen molar-refractivity contribution >= 4 is 11.6 Å². The van der Waals surface area contributed by atoms with Crippen LogP contribution in [0.15, 0.2) is 42.5 Å². The van der Waals surface area contributed by atoms with E-state index in [0.29, 0.717) is 5.75 Å². The van der Waals surface area contributed by atoms with Crippen molar-refractivity contribution in [2.75, 3.05) is 0 Å². The molecule has 0 spiro atoms. The summed E-state index contributed by atoms with van der Waals surface area (Å²) >= 11 is 5.73. The van der Waals surface area contributed by atoms with Crippen LogP contribution in [0, 0.1) is 5.82 Å². The topological polar surface area (TPSA) is 35.2 Å². The molecule has 0 fully saturated rings. The second-order valence-corrected chi connectivity index (χ2v) is 4.61. The van der Waals surface area contributed by atoms with Gasteiger partial charge in [0.1, 0.15) is 5.75 Å². The number of halogens is 2. The second-order valence-electron chi connectivity index (χ2n) is 4.21. The molecule has 0 aliphatic carbocycles. The molecular weight excluding hydrogens is 265 g/mol. The van der Waals surface area contributed by atoms with Gasteiger partial charge >= 0.3 is 0 Å². The average molecular weight is 280 g/mol. The number of hydrogen-bond acceptors (Lipinski definition) is 2. The van der Waals surface area contributed by atoms with Crippen LogP contribution in [0.4, 0.5) is 4.39 Å². The van der Waals surface area contributed by atoms with Gasteiger partial charge < -0.3 is 10.5 Å². The van der Waals surface area contributed by atoms with Gasteiger partial charge in [0.15, 0.2) is 11.6 Å². The fraction of sp³-hybridized carbons (Fsp3) is 0.200. The number of hydrogen-bond donors (Lipinski definition) is 1. The van der Waals surface area contributed by atoms with Crippen LogP contribution in [0.25, 0.3) is 0 Å². The van der Waals surface area contributed by atoms with E-state index < -0.39 is 5.82 Å². The molecule has 1 atom stereocenters. The summed E-state index contributed by atoms with van der Waals surface area (Å²) < 4.78 is 19.4. The van der Waals surface area contributed by atoms with Crippen molar-refractivity contribution < 1.29 is 9.13 Å². The highest BCUT2D eigenvalue weighted by molar-refractivity contribution is 6.30. The minimum atomic E-state index is -0.566. The van der Waals surface area contributed by atoms with Crippen LogP contribution in [-0.2, 0) is 0 Å². The summed E-state index contributed by atoms with van der Waals surface area (Å²) in [5.41, 5.74) is 6.87. The maximum atomic E-state index is 13.8. The second kappa shape index (κ2) is 6.04. The summed E-state index contributed by atoms with van der Waals surface area (Å²) in [6.07, 6.45) is 0.776. The maximum absolute atomic E-state index is 13.8. The Morgan fingerprint density at radius 3 is 2.58 bits per heavy atom. The SMILES string of the molecule is CC[C@@H](N)c1ccccc1Oc1cccc(Cl)c1F. The highest BCUT2D eigenvalue weighted by Gasteiger charge is 2.13. The van der Waals surface area contributed by atoms with E-state index in [4.69, 9.17) is 22.1 Å². The summed E-state index contributed by atoms with van der Waals surface area (Å²) in [7, 11) is 0. The average Bonchev–Trinajstić information content (AvgIpc) is 2.43. The zero-order valence-corrected chi connectivity index (χ0v) is 11.3. The fourth-order valence-corrected chi connectivity index (χ4v) is 1.95. The Balaban J connectivity index is 2.36. The Morgan fingerprint density at radius 2 is 1.84 bits per heavy atom. The molecule has 0 heterocycles. The van der Waals surface area contributed by atoms with E-state index in [9.17, 15) is 4.39 Å². The molecule has 0 amide bonds. The smallest absolute Gasteiger partial charge is 0.184 e. The fourth-order valence-electron chi connectivity index (χ4n) is 1.78. The minimum Gasteiger partial charge on any atom is -0.454 e. The molecule has 2 nitrogen and oxygen atoms in total. The van der Waals surface area contributed by atoms with E-state index in [-0.39, 0.29) is 16.8 Å². The Kier molecular flexibility index (Phi) is 4.40. The lowest BCUT2D eigenvalue weighted by molar-refractivity contribution is 0.433. The van der Waals surface area contributed by atoms with Gasteiger partial charge in [0.25, 0.3) is 0 Å². The lowest BCUT2D eigenvalue weighted by atomic mass is 10.0. The van der Waals surface area contributed by atoms with Gasteiger partial charge in [0, 0.05) is 11.6 Å². The van der Waals surface area contributed by atoms with Crippen molar-refractivity contribution in [1.82, 2.24) is 0 Å². The van der Waals surface area contributed by atoms with Gasteiger partial charge in [-0.3, -0.25) is 0 Å². The molecule has 0 unspecified atom stereocenters. The van der Waals surface area contributed by atoms with E-state index in [0.717, 1.165) is 12.0 Å². The van der Waals surface area contributed by atoms with Crippen LogP contribution in [0.2, 0.25) is 5.02 Å². The summed E-state index contributed by atoms with van der Waals surface area (Å²) in [5.74, 6) is 0.0882. The van der Waals surface area contributed by atoms with Gasteiger partial charge in [0.2, 0.25) is 0 Å². The van der Waals surface area contributed by atoms with Crippen molar-refractivity contribution in [3.05, 3.63) is 58.9 Å².